The van der Waals surface area contributed by atoms with Gasteiger partial charge in [-0.3, -0.25) is 0 Å². The molecule has 1 aliphatic rings. The van der Waals surface area contributed by atoms with Crippen LogP contribution in [0.3, 0.4) is 0 Å². The predicted octanol–water partition coefficient (Wildman–Crippen LogP) is 1.35. The number of hydrogen-bond donors (Lipinski definition) is 0. The fourth-order valence-electron chi connectivity index (χ4n) is 0.744. The predicted molar refractivity (Wildman–Crippen MR) is 34.6 cm³/mol. The highest BCUT2D eigenvalue weighted by atomic mass is 35.5. The normalized spacial score (nSPS) is 32.4. The average molecular weight is 169 g/mol. The molecule has 1 saturated heterocycles. The van der Waals surface area contributed by atoms with Gasteiger partial charge in [-0.1, -0.05) is 23.2 Å². The molecule has 0 saturated carbocycles. The number of rotatable bonds is 1. The van der Waals surface area contributed by atoms with Gasteiger partial charge in [-0.2, -0.15) is 0 Å². The van der Waals surface area contributed by atoms with E-state index in [9.17, 15) is 4.79 Å². The minimum absolute atomic E-state index is 0.360. The van der Waals surface area contributed by atoms with E-state index in [-0.39, 0.29) is 5.92 Å². The Morgan fingerprint density at radius 2 is 2.33 bits per heavy atom. The standard InChI is InChI=1S/C5H6Cl2O2/c6-5(7)4(3-8)1-2-9-5/h3-4H,1-2H2. The SMILES string of the molecule is O=CC1CCOC1(Cl)Cl. The van der Waals surface area contributed by atoms with Crippen molar-refractivity contribution < 1.29 is 9.53 Å². The molecule has 0 aromatic carbocycles. The Hall–Kier alpha value is 0.210. The molecule has 1 aliphatic heterocycles. The second kappa shape index (κ2) is 2.45. The van der Waals surface area contributed by atoms with Crippen LogP contribution in [0, 0.1) is 5.92 Å². The van der Waals surface area contributed by atoms with E-state index in [0.717, 1.165) is 6.29 Å². The van der Waals surface area contributed by atoms with E-state index in [1.807, 2.05) is 0 Å². The third-order valence-corrected chi connectivity index (χ3v) is 2.10. The minimum atomic E-state index is -1.26. The monoisotopic (exact) mass is 168 g/mol. The van der Waals surface area contributed by atoms with Crippen LogP contribution in [0.4, 0.5) is 0 Å². The van der Waals surface area contributed by atoms with Crippen LogP contribution in [0.5, 0.6) is 0 Å². The summed E-state index contributed by atoms with van der Waals surface area (Å²) in [7, 11) is 0. The minimum Gasteiger partial charge on any atom is -0.346 e. The lowest BCUT2D eigenvalue weighted by molar-refractivity contribution is -0.112. The van der Waals surface area contributed by atoms with Gasteiger partial charge < -0.3 is 9.53 Å². The molecule has 0 amide bonds. The van der Waals surface area contributed by atoms with Gasteiger partial charge in [-0.25, -0.2) is 0 Å². The molecule has 9 heavy (non-hydrogen) atoms. The molecular weight excluding hydrogens is 163 g/mol. The summed E-state index contributed by atoms with van der Waals surface area (Å²) in [6.07, 6.45) is 1.35. The summed E-state index contributed by atoms with van der Waals surface area (Å²) < 4.78 is 3.58. The van der Waals surface area contributed by atoms with Crippen LogP contribution in [0.25, 0.3) is 0 Å². The fourth-order valence-corrected chi connectivity index (χ4v) is 1.22. The highest BCUT2D eigenvalue weighted by Crippen LogP contribution is 2.38. The molecule has 1 rings (SSSR count). The maximum absolute atomic E-state index is 10.2. The number of carbonyl (C=O) groups excluding carboxylic acids is 1. The first kappa shape index (κ1) is 7.32. The number of carbonyl (C=O) groups is 1. The second-order valence-electron chi connectivity index (χ2n) is 1.94. The Kier molecular flexibility index (Phi) is 1.99. The summed E-state index contributed by atoms with van der Waals surface area (Å²) in [5, 5.41) is 0. The fraction of sp³-hybridized carbons (Fsp3) is 0.800. The van der Waals surface area contributed by atoms with Crippen molar-refractivity contribution in [1.82, 2.24) is 0 Å². The zero-order chi connectivity index (χ0) is 6.91. The van der Waals surface area contributed by atoms with Crippen molar-refractivity contribution in [2.24, 2.45) is 5.92 Å². The molecule has 1 heterocycles. The van der Waals surface area contributed by atoms with Gasteiger partial charge in [0.1, 0.15) is 6.29 Å². The number of hydrogen-bond acceptors (Lipinski definition) is 2. The molecule has 0 aliphatic carbocycles. The summed E-state index contributed by atoms with van der Waals surface area (Å²) >= 11 is 11.1. The zero-order valence-electron chi connectivity index (χ0n) is 4.64. The number of alkyl halides is 2. The summed E-state index contributed by atoms with van der Waals surface area (Å²) in [5.74, 6) is -0.360. The Bertz CT molecular complexity index is 124. The first-order valence-corrected chi connectivity index (χ1v) is 3.39. The summed E-state index contributed by atoms with van der Waals surface area (Å²) in [6, 6.07) is 0. The van der Waals surface area contributed by atoms with Crippen LogP contribution >= 0.6 is 23.2 Å². The maximum atomic E-state index is 10.2. The summed E-state index contributed by atoms with van der Waals surface area (Å²) in [4.78, 5) is 10.2. The number of halogens is 2. The molecule has 1 fully saturated rings. The Labute approximate surface area is 63.1 Å². The van der Waals surface area contributed by atoms with Crippen LogP contribution in [0.1, 0.15) is 6.42 Å². The maximum Gasteiger partial charge on any atom is 0.227 e. The molecule has 1 unspecified atom stereocenters. The lowest BCUT2D eigenvalue weighted by Crippen LogP contribution is -2.21. The third kappa shape index (κ3) is 1.37. The van der Waals surface area contributed by atoms with Gasteiger partial charge in [0.05, 0.1) is 12.5 Å². The molecule has 0 radical (unpaired) electrons. The molecule has 0 N–H and O–H groups in total. The van der Waals surface area contributed by atoms with Crippen LogP contribution in [0.15, 0.2) is 0 Å². The second-order valence-corrected chi connectivity index (χ2v) is 3.26. The van der Waals surface area contributed by atoms with Crippen LogP contribution in [-0.4, -0.2) is 17.4 Å². The molecular formula is C5H6Cl2O2. The topological polar surface area (TPSA) is 26.3 Å². The molecule has 1 atom stereocenters. The van der Waals surface area contributed by atoms with E-state index < -0.39 is 4.52 Å². The third-order valence-electron chi connectivity index (χ3n) is 1.32. The van der Waals surface area contributed by atoms with Gasteiger partial charge in [0.15, 0.2) is 0 Å². The van der Waals surface area contributed by atoms with Crippen LogP contribution < -0.4 is 0 Å². The van der Waals surface area contributed by atoms with Crippen LogP contribution in [-0.2, 0) is 9.53 Å². The van der Waals surface area contributed by atoms with E-state index in [0.29, 0.717) is 13.0 Å². The van der Waals surface area contributed by atoms with Crippen molar-refractivity contribution in [2.75, 3.05) is 6.61 Å². The molecule has 0 spiro atoms. The zero-order valence-corrected chi connectivity index (χ0v) is 6.15. The molecule has 0 aromatic rings. The highest BCUT2D eigenvalue weighted by Gasteiger charge is 2.40. The molecule has 52 valence electrons. The Morgan fingerprint density at radius 1 is 1.67 bits per heavy atom. The van der Waals surface area contributed by atoms with E-state index >= 15 is 0 Å². The number of ether oxygens (including phenoxy) is 1. The van der Waals surface area contributed by atoms with Crippen molar-refractivity contribution in [2.45, 2.75) is 10.9 Å². The highest BCUT2D eigenvalue weighted by molar-refractivity contribution is 6.48. The van der Waals surface area contributed by atoms with E-state index in [2.05, 4.69) is 0 Å². The smallest absolute Gasteiger partial charge is 0.227 e. The van der Waals surface area contributed by atoms with Crippen molar-refractivity contribution >= 4 is 29.5 Å². The van der Waals surface area contributed by atoms with Gasteiger partial charge in [0.2, 0.25) is 4.52 Å². The van der Waals surface area contributed by atoms with Gasteiger partial charge in [0, 0.05) is 0 Å². The quantitative estimate of drug-likeness (QED) is 0.437. The van der Waals surface area contributed by atoms with Crippen molar-refractivity contribution in [3.63, 3.8) is 0 Å². The van der Waals surface area contributed by atoms with E-state index in [1.165, 1.54) is 0 Å². The average Bonchev–Trinajstić information content (AvgIpc) is 2.08. The number of aldehydes is 1. The molecule has 4 heteroatoms. The van der Waals surface area contributed by atoms with E-state index in [4.69, 9.17) is 27.9 Å². The molecule has 0 aromatic heterocycles. The van der Waals surface area contributed by atoms with Crippen molar-refractivity contribution in [1.29, 1.82) is 0 Å². The summed E-state index contributed by atoms with van der Waals surface area (Å²) in [5.41, 5.74) is 0. The van der Waals surface area contributed by atoms with Gasteiger partial charge in [0.25, 0.3) is 0 Å². The molecule has 0 bridgehead atoms. The van der Waals surface area contributed by atoms with Crippen molar-refractivity contribution in [3.05, 3.63) is 0 Å². The molecule has 2 nitrogen and oxygen atoms in total. The first-order chi connectivity index (χ1) is 4.17. The first-order valence-electron chi connectivity index (χ1n) is 2.64. The van der Waals surface area contributed by atoms with Crippen LogP contribution in [0.2, 0.25) is 0 Å². The van der Waals surface area contributed by atoms with Gasteiger partial charge in [-0.15, -0.1) is 0 Å². The van der Waals surface area contributed by atoms with Gasteiger partial charge in [-0.05, 0) is 6.42 Å². The largest absolute Gasteiger partial charge is 0.346 e. The Balaban J connectivity index is 2.62. The Morgan fingerprint density at radius 3 is 2.56 bits per heavy atom. The van der Waals surface area contributed by atoms with E-state index in [1.54, 1.807) is 0 Å². The lowest BCUT2D eigenvalue weighted by Gasteiger charge is -2.14. The van der Waals surface area contributed by atoms with Crippen molar-refractivity contribution in [3.8, 4) is 0 Å². The summed E-state index contributed by atoms with van der Waals surface area (Å²) in [6.45, 7) is 0.469. The van der Waals surface area contributed by atoms with Gasteiger partial charge >= 0.3 is 0 Å². The lowest BCUT2D eigenvalue weighted by atomic mass is 10.1.